The molecule has 0 saturated carbocycles. The van der Waals surface area contributed by atoms with Crippen molar-refractivity contribution in [1.82, 2.24) is 5.32 Å². The summed E-state index contributed by atoms with van der Waals surface area (Å²) in [5.41, 5.74) is 3.18. The third-order valence-electron chi connectivity index (χ3n) is 3.23. The lowest BCUT2D eigenvalue weighted by Crippen LogP contribution is -2.28. The van der Waals surface area contributed by atoms with Crippen LogP contribution in [0.2, 0.25) is 0 Å². The zero-order chi connectivity index (χ0) is 15.9. The SMILES string of the molecule is COc1ccc(OC)c(NC(=S)NCc2ccc(C)cc2)c1. The van der Waals surface area contributed by atoms with E-state index in [-0.39, 0.29) is 0 Å². The molecule has 2 N–H and O–H groups in total. The van der Waals surface area contributed by atoms with E-state index >= 15 is 0 Å². The number of benzene rings is 2. The van der Waals surface area contributed by atoms with E-state index in [9.17, 15) is 0 Å². The molecular formula is C17H20N2O2S. The minimum absolute atomic E-state index is 0.534. The summed E-state index contributed by atoms with van der Waals surface area (Å²) in [6.45, 7) is 2.73. The average Bonchev–Trinajstić information content (AvgIpc) is 2.54. The van der Waals surface area contributed by atoms with Gasteiger partial charge in [0.25, 0.3) is 0 Å². The molecule has 0 spiro atoms. The minimum Gasteiger partial charge on any atom is -0.497 e. The smallest absolute Gasteiger partial charge is 0.171 e. The van der Waals surface area contributed by atoms with Crippen LogP contribution in [-0.2, 0) is 6.54 Å². The van der Waals surface area contributed by atoms with Crippen molar-refractivity contribution >= 4 is 23.0 Å². The first-order valence-electron chi connectivity index (χ1n) is 6.95. The summed E-state index contributed by atoms with van der Waals surface area (Å²) in [6.07, 6.45) is 0. The average molecular weight is 316 g/mol. The Labute approximate surface area is 136 Å². The summed E-state index contributed by atoms with van der Waals surface area (Å²) in [7, 11) is 3.25. The van der Waals surface area contributed by atoms with Gasteiger partial charge in [-0.25, -0.2) is 0 Å². The molecular weight excluding hydrogens is 296 g/mol. The molecule has 0 aliphatic carbocycles. The number of thiocarbonyl (C=S) groups is 1. The second-order valence-corrected chi connectivity index (χ2v) is 5.27. The maximum Gasteiger partial charge on any atom is 0.171 e. The summed E-state index contributed by atoms with van der Waals surface area (Å²) in [6, 6.07) is 13.8. The van der Waals surface area contributed by atoms with E-state index in [0.29, 0.717) is 17.4 Å². The van der Waals surface area contributed by atoms with Gasteiger partial charge in [-0.1, -0.05) is 29.8 Å². The van der Waals surface area contributed by atoms with Crippen molar-refractivity contribution in [3.8, 4) is 11.5 Å². The van der Waals surface area contributed by atoms with Crippen molar-refractivity contribution < 1.29 is 9.47 Å². The number of methoxy groups -OCH3 is 2. The number of ether oxygens (including phenoxy) is 2. The first kappa shape index (κ1) is 16.1. The predicted molar refractivity (Wildman–Crippen MR) is 93.8 cm³/mol. The van der Waals surface area contributed by atoms with Gasteiger partial charge in [0.2, 0.25) is 0 Å². The molecule has 0 saturated heterocycles. The van der Waals surface area contributed by atoms with Crippen LogP contribution in [0.4, 0.5) is 5.69 Å². The molecule has 0 bridgehead atoms. The molecule has 5 heteroatoms. The van der Waals surface area contributed by atoms with Crippen LogP contribution in [0, 0.1) is 6.92 Å². The monoisotopic (exact) mass is 316 g/mol. The molecule has 0 heterocycles. The van der Waals surface area contributed by atoms with Crippen LogP contribution in [-0.4, -0.2) is 19.3 Å². The van der Waals surface area contributed by atoms with Gasteiger partial charge >= 0.3 is 0 Å². The van der Waals surface area contributed by atoms with Crippen molar-refractivity contribution in [2.24, 2.45) is 0 Å². The van der Waals surface area contributed by atoms with Gasteiger partial charge in [0.1, 0.15) is 11.5 Å². The maximum atomic E-state index is 5.33. The van der Waals surface area contributed by atoms with Crippen molar-refractivity contribution in [3.05, 3.63) is 53.6 Å². The Morgan fingerprint density at radius 2 is 1.77 bits per heavy atom. The molecule has 4 nitrogen and oxygen atoms in total. The van der Waals surface area contributed by atoms with Gasteiger partial charge in [0.05, 0.1) is 19.9 Å². The highest BCUT2D eigenvalue weighted by molar-refractivity contribution is 7.80. The predicted octanol–water partition coefficient (Wildman–Crippen LogP) is 3.50. The fraction of sp³-hybridized carbons (Fsp3) is 0.235. The van der Waals surface area contributed by atoms with Gasteiger partial charge in [0, 0.05) is 12.6 Å². The number of hydrogen-bond donors (Lipinski definition) is 2. The van der Waals surface area contributed by atoms with Crippen LogP contribution >= 0.6 is 12.2 Å². The van der Waals surface area contributed by atoms with Crippen molar-refractivity contribution in [3.63, 3.8) is 0 Å². The molecule has 2 aromatic carbocycles. The fourth-order valence-corrected chi connectivity index (χ4v) is 2.15. The number of rotatable bonds is 5. The third kappa shape index (κ3) is 4.36. The van der Waals surface area contributed by atoms with Crippen molar-refractivity contribution in [2.45, 2.75) is 13.5 Å². The Bertz CT molecular complexity index is 642. The van der Waals surface area contributed by atoms with Gasteiger partial charge in [-0.2, -0.15) is 0 Å². The van der Waals surface area contributed by atoms with E-state index in [4.69, 9.17) is 21.7 Å². The lowest BCUT2D eigenvalue weighted by Gasteiger charge is -2.14. The first-order valence-corrected chi connectivity index (χ1v) is 7.35. The topological polar surface area (TPSA) is 42.5 Å². The zero-order valence-electron chi connectivity index (χ0n) is 13.0. The molecule has 0 radical (unpaired) electrons. The molecule has 2 rings (SSSR count). The minimum atomic E-state index is 0.534. The highest BCUT2D eigenvalue weighted by Crippen LogP contribution is 2.28. The van der Waals surface area contributed by atoms with E-state index in [1.807, 2.05) is 18.2 Å². The second kappa shape index (κ2) is 7.66. The van der Waals surface area contributed by atoms with E-state index in [1.54, 1.807) is 14.2 Å². The maximum absolute atomic E-state index is 5.33. The highest BCUT2D eigenvalue weighted by Gasteiger charge is 2.06. The summed E-state index contributed by atoms with van der Waals surface area (Å²) in [4.78, 5) is 0. The number of aryl methyl sites for hydroxylation is 1. The number of anilines is 1. The molecule has 0 aromatic heterocycles. The van der Waals surface area contributed by atoms with Gasteiger partial charge in [-0.05, 0) is 36.8 Å². The highest BCUT2D eigenvalue weighted by atomic mass is 32.1. The van der Waals surface area contributed by atoms with E-state index < -0.39 is 0 Å². The Balaban J connectivity index is 1.98. The van der Waals surface area contributed by atoms with E-state index in [1.165, 1.54) is 11.1 Å². The molecule has 0 unspecified atom stereocenters. The molecule has 22 heavy (non-hydrogen) atoms. The normalized spacial score (nSPS) is 9.95. The van der Waals surface area contributed by atoms with Crippen LogP contribution in [0.1, 0.15) is 11.1 Å². The lowest BCUT2D eigenvalue weighted by atomic mass is 10.1. The molecule has 2 aromatic rings. The quantitative estimate of drug-likeness (QED) is 0.827. The van der Waals surface area contributed by atoms with Crippen LogP contribution in [0.5, 0.6) is 11.5 Å². The second-order valence-electron chi connectivity index (χ2n) is 4.86. The number of nitrogens with one attached hydrogen (secondary N) is 2. The Morgan fingerprint density at radius 1 is 1.05 bits per heavy atom. The Morgan fingerprint density at radius 3 is 2.41 bits per heavy atom. The first-order chi connectivity index (χ1) is 10.6. The standard InChI is InChI=1S/C17H20N2O2S/c1-12-4-6-13(7-5-12)11-18-17(22)19-15-10-14(20-2)8-9-16(15)21-3/h4-10H,11H2,1-3H3,(H2,18,19,22). The van der Waals surface area contributed by atoms with Crippen molar-refractivity contribution in [1.29, 1.82) is 0 Å². The van der Waals surface area contributed by atoms with Gasteiger partial charge < -0.3 is 20.1 Å². The summed E-state index contributed by atoms with van der Waals surface area (Å²) in [5.74, 6) is 1.45. The van der Waals surface area contributed by atoms with Crippen LogP contribution < -0.4 is 20.1 Å². The molecule has 0 atom stereocenters. The summed E-state index contributed by atoms with van der Waals surface area (Å²) in [5, 5.41) is 6.85. The summed E-state index contributed by atoms with van der Waals surface area (Å²) < 4.78 is 10.5. The summed E-state index contributed by atoms with van der Waals surface area (Å²) >= 11 is 5.33. The Kier molecular flexibility index (Phi) is 5.61. The van der Waals surface area contributed by atoms with Crippen molar-refractivity contribution in [2.75, 3.05) is 19.5 Å². The molecule has 116 valence electrons. The molecule has 0 aliphatic rings. The van der Waals surface area contributed by atoms with E-state index in [0.717, 1.165) is 11.4 Å². The van der Waals surface area contributed by atoms with Gasteiger partial charge in [0.15, 0.2) is 5.11 Å². The molecule has 0 aliphatic heterocycles. The lowest BCUT2D eigenvalue weighted by molar-refractivity contribution is 0.405. The van der Waals surface area contributed by atoms with Crippen LogP contribution in [0.3, 0.4) is 0 Å². The third-order valence-corrected chi connectivity index (χ3v) is 3.47. The van der Waals surface area contributed by atoms with E-state index in [2.05, 4.69) is 41.8 Å². The van der Waals surface area contributed by atoms with Gasteiger partial charge in [-0.3, -0.25) is 0 Å². The van der Waals surface area contributed by atoms with Gasteiger partial charge in [-0.15, -0.1) is 0 Å². The van der Waals surface area contributed by atoms with Crippen LogP contribution in [0.25, 0.3) is 0 Å². The zero-order valence-corrected chi connectivity index (χ0v) is 13.8. The molecule has 0 amide bonds. The Hall–Kier alpha value is -2.27. The molecule has 0 fully saturated rings. The largest absolute Gasteiger partial charge is 0.497 e. The fourth-order valence-electron chi connectivity index (χ4n) is 1.97. The van der Waals surface area contributed by atoms with Crippen LogP contribution in [0.15, 0.2) is 42.5 Å². The number of hydrogen-bond acceptors (Lipinski definition) is 3.